The Hall–Kier alpha value is -1.71. The highest BCUT2D eigenvalue weighted by molar-refractivity contribution is 7.10. The van der Waals surface area contributed by atoms with E-state index in [1.54, 1.807) is 0 Å². The summed E-state index contributed by atoms with van der Waals surface area (Å²) < 4.78 is 5.48. The molecule has 0 saturated carbocycles. The van der Waals surface area contributed by atoms with Crippen LogP contribution in [-0.2, 0) is 11.3 Å². The average Bonchev–Trinajstić information content (AvgIpc) is 3.14. The van der Waals surface area contributed by atoms with Crippen molar-refractivity contribution >= 4 is 11.3 Å². The third kappa shape index (κ3) is 4.40. The smallest absolute Gasteiger partial charge is 0.0991 e. The summed E-state index contributed by atoms with van der Waals surface area (Å²) in [6.45, 7) is 5.26. The lowest BCUT2D eigenvalue weighted by Gasteiger charge is -2.34. The highest BCUT2D eigenvalue weighted by Gasteiger charge is 2.22. The van der Waals surface area contributed by atoms with E-state index in [9.17, 15) is 0 Å². The van der Waals surface area contributed by atoms with Gasteiger partial charge in [-0.2, -0.15) is 5.26 Å². The number of nitriles is 1. The molecule has 3 rings (SSSR count). The Morgan fingerprint density at radius 1 is 1.26 bits per heavy atom. The molecule has 2 heterocycles. The van der Waals surface area contributed by atoms with Crippen molar-refractivity contribution in [1.29, 1.82) is 5.26 Å². The number of thiophene rings is 1. The second kappa shape index (κ2) is 8.23. The van der Waals surface area contributed by atoms with E-state index >= 15 is 0 Å². The van der Waals surface area contributed by atoms with E-state index in [4.69, 9.17) is 10.00 Å². The fraction of sp³-hybridized carbons (Fsp3) is 0.389. The second-order valence-electron chi connectivity index (χ2n) is 5.62. The van der Waals surface area contributed by atoms with Crippen molar-refractivity contribution in [3.05, 3.63) is 57.8 Å². The van der Waals surface area contributed by atoms with Gasteiger partial charge in [0.05, 0.1) is 30.9 Å². The van der Waals surface area contributed by atoms with Crippen LogP contribution in [0.2, 0.25) is 0 Å². The molecule has 1 unspecified atom stereocenters. The van der Waals surface area contributed by atoms with Crippen molar-refractivity contribution in [2.45, 2.75) is 12.6 Å². The Labute approximate surface area is 141 Å². The van der Waals surface area contributed by atoms with Crippen molar-refractivity contribution in [3.8, 4) is 6.07 Å². The number of hydrogen-bond acceptors (Lipinski definition) is 5. The summed E-state index contributed by atoms with van der Waals surface area (Å²) in [4.78, 5) is 3.89. The summed E-state index contributed by atoms with van der Waals surface area (Å²) in [6.07, 6.45) is 0. The SMILES string of the molecule is N#Cc1cccc(CNCC(c2cccs2)N2CCOCC2)c1. The van der Waals surface area contributed by atoms with E-state index in [1.165, 1.54) is 4.88 Å². The molecule has 1 aliphatic rings. The van der Waals surface area contributed by atoms with Gasteiger partial charge in [0.25, 0.3) is 0 Å². The van der Waals surface area contributed by atoms with Gasteiger partial charge in [-0.1, -0.05) is 18.2 Å². The van der Waals surface area contributed by atoms with Crippen molar-refractivity contribution < 1.29 is 4.74 Å². The third-order valence-electron chi connectivity index (χ3n) is 4.08. The van der Waals surface area contributed by atoms with Crippen LogP contribution in [0.4, 0.5) is 0 Å². The van der Waals surface area contributed by atoms with Crippen LogP contribution in [0, 0.1) is 11.3 Å². The molecule has 1 aromatic heterocycles. The summed E-state index contributed by atoms with van der Waals surface area (Å²) in [7, 11) is 0. The molecule has 1 saturated heterocycles. The van der Waals surface area contributed by atoms with Crippen molar-refractivity contribution in [2.75, 3.05) is 32.8 Å². The standard InChI is InChI=1S/C18H21N3OS/c19-12-15-3-1-4-16(11-15)13-20-14-17(18-5-2-10-23-18)21-6-8-22-9-7-21/h1-5,10-11,17,20H,6-9,13-14H2. The van der Waals surface area contributed by atoms with Gasteiger partial charge in [0, 0.05) is 31.1 Å². The van der Waals surface area contributed by atoms with Crippen molar-refractivity contribution in [3.63, 3.8) is 0 Å². The quantitative estimate of drug-likeness (QED) is 0.886. The number of nitrogens with zero attached hydrogens (tertiary/aromatic N) is 2. The van der Waals surface area contributed by atoms with Crippen molar-refractivity contribution in [1.82, 2.24) is 10.2 Å². The minimum absolute atomic E-state index is 0.387. The van der Waals surface area contributed by atoms with Gasteiger partial charge < -0.3 is 10.1 Å². The van der Waals surface area contributed by atoms with E-state index in [2.05, 4.69) is 39.9 Å². The number of rotatable bonds is 6. The lowest BCUT2D eigenvalue weighted by Crippen LogP contribution is -2.42. The molecular weight excluding hydrogens is 306 g/mol. The van der Waals surface area contributed by atoms with Gasteiger partial charge in [-0.25, -0.2) is 0 Å². The molecule has 0 bridgehead atoms. The molecule has 120 valence electrons. The van der Waals surface area contributed by atoms with Gasteiger partial charge in [-0.15, -0.1) is 11.3 Å². The summed E-state index contributed by atoms with van der Waals surface area (Å²) in [5, 5.41) is 14.7. The molecule has 1 fully saturated rings. The number of benzene rings is 1. The van der Waals surface area contributed by atoms with Gasteiger partial charge in [0.15, 0.2) is 0 Å². The van der Waals surface area contributed by atoms with Crippen LogP contribution in [0.5, 0.6) is 0 Å². The van der Waals surface area contributed by atoms with E-state index in [-0.39, 0.29) is 0 Å². The molecular formula is C18H21N3OS. The largest absolute Gasteiger partial charge is 0.379 e. The normalized spacial score (nSPS) is 16.8. The Morgan fingerprint density at radius 3 is 2.87 bits per heavy atom. The van der Waals surface area contributed by atoms with Crippen LogP contribution >= 0.6 is 11.3 Å². The summed E-state index contributed by atoms with van der Waals surface area (Å²) >= 11 is 1.81. The summed E-state index contributed by atoms with van der Waals surface area (Å²) in [5.74, 6) is 0. The van der Waals surface area contributed by atoms with Gasteiger partial charge in [-0.05, 0) is 29.1 Å². The van der Waals surface area contributed by atoms with Gasteiger partial charge in [-0.3, -0.25) is 4.90 Å². The van der Waals surface area contributed by atoms with Gasteiger partial charge in [0.2, 0.25) is 0 Å². The molecule has 4 nitrogen and oxygen atoms in total. The summed E-state index contributed by atoms with van der Waals surface area (Å²) in [6, 6.07) is 14.7. The Morgan fingerprint density at radius 2 is 2.13 bits per heavy atom. The first-order valence-corrected chi connectivity index (χ1v) is 8.80. The summed E-state index contributed by atoms with van der Waals surface area (Å²) in [5.41, 5.74) is 1.86. The highest BCUT2D eigenvalue weighted by atomic mass is 32.1. The first-order valence-electron chi connectivity index (χ1n) is 7.92. The van der Waals surface area contributed by atoms with E-state index in [0.29, 0.717) is 11.6 Å². The highest BCUT2D eigenvalue weighted by Crippen LogP contribution is 2.25. The zero-order valence-electron chi connectivity index (χ0n) is 13.1. The molecule has 0 radical (unpaired) electrons. The average molecular weight is 327 g/mol. The van der Waals surface area contributed by atoms with Crippen LogP contribution in [0.25, 0.3) is 0 Å². The molecule has 1 atom stereocenters. The number of ether oxygens (including phenoxy) is 1. The van der Waals surface area contributed by atoms with Crippen LogP contribution in [0.15, 0.2) is 41.8 Å². The Bertz CT molecular complexity index is 645. The zero-order chi connectivity index (χ0) is 15.9. The maximum Gasteiger partial charge on any atom is 0.0991 e. The van der Waals surface area contributed by atoms with Crippen LogP contribution in [-0.4, -0.2) is 37.7 Å². The Kier molecular flexibility index (Phi) is 5.78. The van der Waals surface area contributed by atoms with E-state index in [0.717, 1.165) is 45.0 Å². The molecule has 2 aromatic rings. The number of hydrogen-bond donors (Lipinski definition) is 1. The van der Waals surface area contributed by atoms with Gasteiger partial charge in [0.1, 0.15) is 0 Å². The molecule has 1 N–H and O–H groups in total. The zero-order valence-corrected chi connectivity index (χ0v) is 13.9. The molecule has 23 heavy (non-hydrogen) atoms. The van der Waals surface area contributed by atoms with Crippen LogP contribution in [0.1, 0.15) is 22.0 Å². The predicted octanol–water partition coefficient (Wildman–Crippen LogP) is 2.78. The number of nitrogens with one attached hydrogen (secondary N) is 1. The van der Waals surface area contributed by atoms with Crippen LogP contribution in [0.3, 0.4) is 0 Å². The first kappa shape index (κ1) is 16.2. The molecule has 0 spiro atoms. The molecule has 1 aliphatic heterocycles. The maximum atomic E-state index is 8.98. The van der Waals surface area contributed by atoms with Crippen molar-refractivity contribution in [2.24, 2.45) is 0 Å². The molecule has 1 aromatic carbocycles. The van der Waals surface area contributed by atoms with Crippen LogP contribution < -0.4 is 5.32 Å². The maximum absolute atomic E-state index is 8.98. The third-order valence-corrected chi connectivity index (χ3v) is 5.05. The fourth-order valence-electron chi connectivity index (χ4n) is 2.88. The monoisotopic (exact) mass is 327 g/mol. The number of morpholine rings is 1. The molecule has 0 amide bonds. The van der Waals surface area contributed by atoms with E-state index < -0.39 is 0 Å². The van der Waals surface area contributed by atoms with Gasteiger partial charge >= 0.3 is 0 Å². The minimum Gasteiger partial charge on any atom is -0.379 e. The first-order chi connectivity index (χ1) is 11.4. The second-order valence-corrected chi connectivity index (χ2v) is 6.60. The minimum atomic E-state index is 0.387. The molecule has 5 heteroatoms. The lowest BCUT2D eigenvalue weighted by molar-refractivity contribution is 0.0168. The predicted molar refractivity (Wildman–Crippen MR) is 92.3 cm³/mol. The Balaban J connectivity index is 1.61. The fourth-order valence-corrected chi connectivity index (χ4v) is 3.74. The molecule has 0 aliphatic carbocycles. The topological polar surface area (TPSA) is 48.3 Å². The lowest BCUT2D eigenvalue weighted by atomic mass is 10.1. The van der Waals surface area contributed by atoms with E-state index in [1.807, 2.05) is 29.5 Å².